The summed E-state index contributed by atoms with van der Waals surface area (Å²) in [5.74, 6) is -0.537. The highest BCUT2D eigenvalue weighted by molar-refractivity contribution is 7.15. The van der Waals surface area contributed by atoms with Crippen molar-refractivity contribution in [3.63, 3.8) is 0 Å². The summed E-state index contributed by atoms with van der Waals surface area (Å²) in [4.78, 5) is 5.69. The van der Waals surface area contributed by atoms with Crippen molar-refractivity contribution in [1.29, 1.82) is 0 Å². The van der Waals surface area contributed by atoms with Gasteiger partial charge in [-0.15, -0.1) is 11.3 Å². The smallest absolute Gasteiger partial charge is 0.127 e. The maximum atomic E-state index is 13.3. The lowest BCUT2D eigenvalue weighted by molar-refractivity contribution is 0.469. The van der Waals surface area contributed by atoms with Gasteiger partial charge in [-0.2, -0.15) is 0 Å². The Hall–Kier alpha value is -1.46. The van der Waals surface area contributed by atoms with Crippen molar-refractivity contribution in [3.05, 3.63) is 34.6 Å². The fourth-order valence-electron chi connectivity index (χ4n) is 2.27. The zero-order valence-electron chi connectivity index (χ0n) is 9.69. The summed E-state index contributed by atoms with van der Waals surface area (Å²) in [7, 11) is 0. The molecule has 0 spiro atoms. The number of fused-ring (bicyclic) bond motifs is 1. The maximum absolute atomic E-state index is 13.3. The number of phenols is 1. The van der Waals surface area contributed by atoms with E-state index >= 15 is 0 Å². The van der Waals surface area contributed by atoms with Gasteiger partial charge in [-0.25, -0.2) is 9.37 Å². The Labute approximate surface area is 108 Å². The molecule has 5 heteroatoms. The van der Waals surface area contributed by atoms with Crippen LogP contribution in [0, 0.1) is 5.82 Å². The molecule has 1 aliphatic carbocycles. The molecule has 3 nitrogen and oxygen atoms in total. The van der Waals surface area contributed by atoms with Crippen LogP contribution in [0.3, 0.4) is 0 Å². The van der Waals surface area contributed by atoms with Gasteiger partial charge in [0.2, 0.25) is 0 Å². The van der Waals surface area contributed by atoms with Gasteiger partial charge in [0.15, 0.2) is 0 Å². The quantitative estimate of drug-likeness (QED) is 0.832. The molecule has 0 fully saturated rings. The van der Waals surface area contributed by atoms with E-state index in [-0.39, 0.29) is 11.8 Å². The molecule has 18 heavy (non-hydrogen) atoms. The van der Waals surface area contributed by atoms with Gasteiger partial charge < -0.3 is 10.8 Å². The van der Waals surface area contributed by atoms with E-state index in [1.807, 2.05) is 0 Å². The zero-order valence-corrected chi connectivity index (χ0v) is 10.5. The topological polar surface area (TPSA) is 59.1 Å². The number of aryl methyl sites for hydroxylation is 1. The Bertz CT molecular complexity index is 576. The summed E-state index contributed by atoms with van der Waals surface area (Å²) in [6.45, 7) is 0. The molecule has 1 aromatic carbocycles. The van der Waals surface area contributed by atoms with Crippen LogP contribution in [0.25, 0.3) is 10.6 Å². The van der Waals surface area contributed by atoms with Crippen LogP contribution < -0.4 is 5.73 Å². The number of benzene rings is 1. The van der Waals surface area contributed by atoms with Crippen LogP contribution in [-0.2, 0) is 6.42 Å². The molecule has 0 saturated heterocycles. The normalized spacial score (nSPS) is 18.7. The van der Waals surface area contributed by atoms with Crippen molar-refractivity contribution in [2.75, 3.05) is 0 Å². The van der Waals surface area contributed by atoms with Crippen molar-refractivity contribution in [2.24, 2.45) is 5.73 Å². The second kappa shape index (κ2) is 4.33. The monoisotopic (exact) mass is 264 g/mol. The Kier molecular flexibility index (Phi) is 2.80. The van der Waals surface area contributed by atoms with Crippen molar-refractivity contribution < 1.29 is 9.50 Å². The third kappa shape index (κ3) is 2.00. The molecule has 1 aromatic heterocycles. The molecule has 2 aromatic rings. The molecule has 3 rings (SSSR count). The second-order valence-corrected chi connectivity index (χ2v) is 5.61. The Morgan fingerprint density at radius 1 is 1.39 bits per heavy atom. The van der Waals surface area contributed by atoms with E-state index in [2.05, 4.69) is 4.98 Å². The average Bonchev–Trinajstić information content (AvgIpc) is 2.73. The van der Waals surface area contributed by atoms with Crippen LogP contribution in [0.15, 0.2) is 18.2 Å². The first-order valence-electron chi connectivity index (χ1n) is 5.88. The average molecular weight is 264 g/mol. The van der Waals surface area contributed by atoms with Gasteiger partial charge in [0.1, 0.15) is 16.6 Å². The summed E-state index contributed by atoms with van der Waals surface area (Å²) in [6.07, 6.45) is 3.01. The molecule has 0 radical (unpaired) electrons. The van der Waals surface area contributed by atoms with E-state index in [9.17, 15) is 9.50 Å². The Morgan fingerprint density at radius 2 is 2.22 bits per heavy atom. The van der Waals surface area contributed by atoms with Crippen LogP contribution in [0.5, 0.6) is 5.75 Å². The largest absolute Gasteiger partial charge is 0.508 e. The van der Waals surface area contributed by atoms with Crippen molar-refractivity contribution in [2.45, 2.75) is 25.3 Å². The first kappa shape index (κ1) is 11.6. The lowest BCUT2D eigenvalue weighted by Crippen LogP contribution is -2.16. The number of nitrogens with two attached hydrogens (primary N) is 1. The number of aromatic hydroxyl groups is 1. The zero-order chi connectivity index (χ0) is 12.7. The van der Waals surface area contributed by atoms with Gasteiger partial charge in [0, 0.05) is 22.5 Å². The predicted molar refractivity (Wildman–Crippen MR) is 69.0 cm³/mol. The number of hydrogen-bond acceptors (Lipinski definition) is 4. The minimum Gasteiger partial charge on any atom is -0.508 e. The van der Waals surface area contributed by atoms with Gasteiger partial charge in [-0.3, -0.25) is 0 Å². The fraction of sp³-hybridized carbons (Fsp3) is 0.308. The molecule has 3 N–H and O–H groups in total. The number of nitrogens with zero attached hydrogens (tertiary/aromatic N) is 1. The van der Waals surface area contributed by atoms with Crippen LogP contribution in [0.2, 0.25) is 0 Å². The fourth-order valence-corrected chi connectivity index (χ4v) is 3.43. The van der Waals surface area contributed by atoms with Crippen molar-refractivity contribution in [1.82, 2.24) is 4.98 Å². The summed E-state index contributed by atoms with van der Waals surface area (Å²) >= 11 is 1.54. The number of thiazole rings is 1. The number of halogens is 1. The van der Waals surface area contributed by atoms with Crippen molar-refractivity contribution >= 4 is 11.3 Å². The van der Waals surface area contributed by atoms with Gasteiger partial charge >= 0.3 is 0 Å². The van der Waals surface area contributed by atoms with Crippen LogP contribution >= 0.6 is 11.3 Å². The number of aromatic nitrogens is 1. The summed E-state index contributed by atoms with van der Waals surface area (Å²) < 4.78 is 13.3. The molecule has 1 atom stereocenters. The predicted octanol–water partition coefficient (Wildman–Crippen LogP) is 2.99. The SMILES string of the molecule is NC1CCCc2sc(-c3cc(O)cc(F)c3)nc21. The molecule has 0 aliphatic heterocycles. The van der Waals surface area contributed by atoms with E-state index in [0.717, 1.165) is 36.0 Å². The minimum absolute atomic E-state index is 0.0130. The van der Waals surface area contributed by atoms with E-state index in [1.54, 1.807) is 11.3 Å². The molecule has 1 unspecified atom stereocenters. The highest BCUT2D eigenvalue weighted by Crippen LogP contribution is 2.37. The molecule has 1 aliphatic rings. The summed E-state index contributed by atoms with van der Waals surface area (Å²) in [5.41, 5.74) is 7.56. The van der Waals surface area contributed by atoms with E-state index in [4.69, 9.17) is 5.73 Å². The molecule has 94 valence electrons. The van der Waals surface area contributed by atoms with E-state index in [1.165, 1.54) is 17.0 Å². The number of hydrogen-bond donors (Lipinski definition) is 2. The lowest BCUT2D eigenvalue weighted by atomic mass is 9.99. The van der Waals surface area contributed by atoms with E-state index in [0.29, 0.717) is 5.56 Å². The van der Waals surface area contributed by atoms with Gasteiger partial charge in [0.25, 0.3) is 0 Å². The first-order valence-corrected chi connectivity index (χ1v) is 6.70. The van der Waals surface area contributed by atoms with Crippen LogP contribution in [0.4, 0.5) is 4.39 Å². The minimum atomic E-state index is -0.456. The molecule has 0 saturated carbocycles. The number of phenolic OH excluding ortho intramolecular Hbond substituents is 1. The second-order valence-electron chi connectivity index (χ2n) is 4.52. The van der Waals surface area contributed by atoms with E-state index < -0.39 is 5.82 Å². The lowest BCUT2D eigenvalue weighted by Gasteiger charge is -2.15. The van der Waals surface area contributed by atoms with Gasteiger partial charge in [0.05, 0.1) is 5.69 Å². The van der Waals surface area contributed by atoms with Gasteiger partial charge in [-0.1, -0.05) is 0 Å². The third-order valence-corrected chi connectivity index (χ3v) is 4.31. The Balaban J connectivity index is 2.07. The van der Waals surface area contributed by atoms with Gasteiger partial charge in [-0.05, 0) is 31.4 Å². The Morgan fingerprint density at radius 3 is 2.94 bits per heavy atom. The highest BCUT2D eigenvalue weighted by atomic mass is 32.1. The van der Waals surface area contributed by atoms with Crippen molar-refractivity contribution in [3.8, 4) is 16.3 Å². The maximum Gasteiger partial charge on any atom is 0.127 e. The summed E-state index contributed by atoms with van der Waals surface area (Å²) in [5, 5.41) is 10.2. The molecular weight excluding hydrogens is 251 g/mol. The molecule has 1 heterocycles. The first-order chi connectivity index (χ1) is 8.63. The van der Waals surface area contributed by atoms with Crippen LogP contribution in [-0.4, -0.2) is 10.1 Å². The summed E-state index contributed by atoms with van der Waals surface area (Å²) in [6, 6.07) is 3.98. The highest BCUT2D eigenvalue weighted by Gasteiger charge is 2.22. The van der Waals surface area contributed by atoms with Crippen LogP contribution in [0.1, 0.15) is 29.5 Å². The molecule has 0 bridgehead atoms. The third-order valence-electron chi connectivity index (χ3n) is 3.13. The molecular formula is C13H13FN2OS. The molecule has 0 amide bonds. The number of rotatable bonds is 1. The standard InChI is InChI=1S/C13H13FN2OS/c14-8-4-7(5-9(17)6-8)13-16-12-10(15)2-1-3-11(12)18-13/h4-6,10,17H,1-3,15H2.